The van der Waals surface area contributed by atoms with E-state index in [-0.39, 0.29) is 57.4 Å². The van der Waals surface area contributed by atoms with Gasteiger partial charge in [-0.15, -0.1) is 0 Å². The third-order valence-electron chi connectivity index (χ3n) is 8.96. The summed E-state index contributed by atoms with van der Waals surface area (Å²) in [6.45, 7) is 3.36. The molecule has 0 radical (unpaired) electrons. The molecule has 0 heterocycles. The van der Waals surface area contributed by atoms with Crippen molar-refractivity contribution < 1.29 is 48.5 Å². The van der Waals surface area contributed by atoms with Crippen molar-refractivity contribution in [3.63, 3.8) is 0 Å². The van der Waals surface area contributed by atoms with Crippen molar-refractivity contribution in [2.75, 3.05) is 21.3 Å². The predicted octanol–water partition coefficient (Wildman–Crippen LogP) is 5.44. The summed E-state index contributed by atoms with van der Waals surface area (Å²) in [6.07, 6.45) is -0.369. The van der Waals surface area contributed by atoms with Gasteiger partial charge in [-0.05, 0) is 123 Å². The fourth-order valence-corrected chi connectivity index (χ4v) is 5.82. The fraction of sp³-hybridized carbons (Fsp3) is 0.156. The molecule has 5 aromatic rings. The van der Waals surface area contributed by atoms with Gasteiger partial charge >= 0.3 is 5.97 Å². The van der Waals surface area contributed by atoms with E-state index in [1.807, 2.05) is 6.07 Å². The van der Waals surface area contributed by atoms with Crippen LogP contribution in [0.1, 0.15) is 79.2 Å². The zero-order valence-corrected chi connectivity index (χ0v) is 33.4. The molecule has 316 valence electrons. The molecule has 9 N–H and O–H groups in total. The Morgan fingerprint density at radius 3 is 1.77 bits per heavy atom. The number of carboxylic acid groups (broad SMARTS) is 1. The number of carbonyl (C=O) groups excluding carboxylic acids is 6. The van der Waals surface area contributed by atoms with E-state index in [1.54, 1.807) is 38.1 Å². The molecule has 0 saturated heterocycles. The standard InChI is InChI=1S/C45H41N7O10/c1-25(2)62-40-35(21-20-34(39(40)55)43(58)49-32-18-12-30(13-19-32)45(60)61)51-41(56)28-10-16-33(17-11-28)50-44(59)36(23-37(47)53)52-42(57)29-8-14-31(15-9-29)48-38(54)22-7-26-3-5-27(24-46)6-4-26/h3-6,8-21,25,36,55H,7,22-23H2,1-2H3,(H2,47,53)(H,48,54)(H,49,58)(H,50,59)(H,51,56)(H,52,57)(H,60,61). The number of rotatable bonds is 17. The Balaban J connectivity index is 1.18. The molecular weight excluding hydrogens is 799 g/mol. The van der Waals surface area contributed by atoms with Crippen LogP contribution in [-0.2, 0) is 20.8 Å². The Labute approximate surface area is 354 Å². The minimum Gasteiger partial charge on any atom is -0.504 e. The molecule has 0 bridgehead atoms. The summed E-state index contributed by atoms with van der Waals surface area (Å²) in [5.74, 6) is -5.81. The maximum atomic E-state index is 13.3. The first-order valence-electron chi connectivity index (χ1n) is 19.0. The van der Waals surface area contributed by atoms with E-state index in [0.29, 0.717) is 17.7 Å². The lowest BCUT2D eigenvalue weighted by Gasteiger charge is -2.19. The number of carbonyl (C=O) groups is 7. The molecule has 0 aromatic heterocycles. The minimum absolute atomic E-state index is 0.0209. The van der Waals surface area contributed by atoms with Crippen molar-refractivity contribution in [1.82, 2.24) is 5.32 Å². The molecule has 0 saturated carbocycles. The van der Waals surface area contributed by atoms with Crippen molar-refractivity contribution >= 4 is 64.2 Å². The van der Waals surface area contributed by atoms with Crippen LogP contribution in [0.2, 0.25) is 0 Å². The lowest BCUT2D eigenvalue weighted by Crippen LogP contribution is -2.46. The van der Waals surface area contributed by atoms with Crippen LogP contribution in [0.4, 0.5) is 22.7 Å². The van der Waals surface area contributed by atoms with Crippen LogP contribution in [-0.4, -0.2) is 63.8 Å². The number of nitrogens with zero attached hydrogens (tertiary/aromatic N) is 1. The summed E-state index contributed by atoms with van der Waals surface area (Å²) in [4.78, 5) is 88.2. The highest BCUT2D eigenvalue weighted by Crippen LogP contribution is 2.39. The molecule has 5 aromatic carbocycles. The zero-order chi connectivity index (χ0) is 44.9. The number of benzene rings is 5. The highest BCUT2D eigenvalue weighted by molar-refractivity contribution is 6.10. The second kappa shape index (κ2) is 20.4. The highest BCUT2D eigenvalue weighted by Gasteiger charge is 2.25. The summed E-state index contributed by atoms with van der Waals surface area (Å²) in [6, 6.07) is 27.1. The summed E-state index contributed by atoms with van der Waals surface area (Å²) >= 11 is 0. The lowest BCUT2D eigenvalue weighted by atomic mass is 10.1. The predicted molar refractivity (Wildman–Crippen MR) is 228 cm³/mol. The molecule has 0 aliphatic carbocycles. The number of anilines is 4. The second-order valence-electron chi connectivity index (χ2n) is 14.0. The number of nitrogens with one attached hydrogen (secondary N) is 5. The van der Waals surface area contributed by atoms with Crippen LogP contribution in [0.3, 0.4) is 0 Å². The molecule has 1 atom stereocenters. The van der Waals surface area contributed by atoms with Crippen LogP contribution in [0.5, 0.6) is 11.5 Å². The third kappa shape index (κ3) is 12.3. The molecule has 0 aliphatic rings. The van der Waals surface area contributed by atoms with E-state index < -0.39 is 59.8 Å². The van der Waals surface area contributed by atoms with Crippen molar-refractivity contribution in [3.05, 3.63) is 143 Å². The second-order valence-corrected chi connectivity index (χ2v) is 14.0. The van der Waals surface area contributed by atoms with Gasteiger partial charge in [0.2, 0.25) is 17.7 Å². The van der Waals surface area contributed by atoms with Crippen molar-refractivity contribution in [1.29, 1.82) is 5.26 Å². The molecule has 17 heteroatoms. The fourth-order valence-electron chi connectivity index (χ4n) is 5.82. The van der Waals surface area contributed by atoms with Gasteiger partial charge in [0.15, 0.2) is 11.5 Å². The highest BCUT2D eigenvalue weighted by atomic mass is 16.5. The van der Waals surface area contributed by atoms with Gasteiger partial charge in [-0.25, -0.2) is 4.79 Å². The number of primary amides is 1. The number of carboxylic acids is 1. The molecular formula is C45H41N7O10. The van der Waals surface area contributed by atoms with E-state index >= 15 is 0 Å². The van der Waals surface area contributed by atoms with Gasteiger partial charge in [-0.3, -0.25) is 28.8 Å². The number of aryl methyl sites for hydroxylation is 1. The van der Waals surface area contributed by atoms with Crippen LogP contribution >= 0.6 is 0 Å². The van der Waals surface area contributed by atoms with Crippen LogP contribution in [0.15, 0.2) is 109 Å². The van der Waals surface area contributed by atoms with Gasteiger partial charge in [0.05, 0.1) is 41.0 Å². The maximum Gasteiger partial charge on any atom is 0.335 e. The number of hydrogen-bond donors (Lipinski definition) is 8. The number of phenols is 1. The summed E-state index contributed by atoms with van der Waals surface area (Å²) < 4.78 is 5.77. The molecule has 0 spiro atoms. The largest absolute Gasteiger partial charge is 0.504 e. The number of phenolic OH excluding ortho intramolecular Hbond substituents is 1. The quantitative estimate of drug-likeness (QED) is 0.0584. The van der Waals surface area contributed by atoms with Crippen molar-refractivity contribution in [2.24, 2.45) is 5.73 Å². The average molecular weight is 840 g/mol. The maximum absolute atomic E-state index is 13.3. The summed E-state index contributed by atoms with van der Waals surface area (Å²) in [7, 11) is 0. The van der Waals surface area contributed by atoms with Gasteiger partial charge in [-0.2, -0.15) is 5.26 Å². The molecule has 0 aliphatic heterocycles. The number of aromatic hydroxyl groups is 1. The van der Waals surface area contributed by atoms with E-state index in [1.165, 1.54) is 84.9 Å². The van der Waals surface area contributed by atoms with Gasteiger partial charge in [-0.1, -0.05) is 12.1 Å². The Hall–Kier alpha value is -8.52. The average Bonchev–Trinajstić information content (AvgIpc) is 3.24. The first-order valence-corrected chi connectivity index (χ1v) is 19.0. The van der Waals surface area contributed by atoms with Gasteiger partial charge in [0.25, 0.3) is 17.7 Å². The number of amides is 6. The van der Waals surface area contributed by atoms with Gasteiger partial charge in [0, 0.05) is 34.6 Å². The summed E-state index contributed by atoms with van der Waals surface area (Å²) in [5, 5.41) is 42.2. The smallest absolute Gasteiger partial charge is 0.335 e. The molecule has 17 nitrogen and oxygen atoms in total. The van der Waals surface area contributed by atoms with E-state index in [0.717, 1.165) is 5.56 Å². The van der Waals surface area contributed by atoms with E-state index in [9.17, 15) is 38.7 Å². The number of nitriles is 1. The van der Waals surface area contributed by atoms with Crippen LogP contribution < -0.4 is 37.1 Å². The molecule has 5 rings (SSSR count). The summed E-state index contributed by atoms with van der Waals surface area (Å²) in [5.41, 5.74) is 7.86. The first-order chi connectivity index (χ1) is 29.6. The third-order valence-corrected chi connectivity index (χ3v) is 8.96. The van der Waals surface area contributed by atoms with E-state index in [2.05, 4.69) is 26.6 Å². The normalized spacial score (nSPS) is 11.0. The van der Waals surface area contributed by atoms with Crippen molar-refractivity contribution in [2.45, 2.75) is 45.3 Å². The van der Waals surface area contributed by atoms with Crippen molar-refractivity contribution in [3.8, 4) is 17.6 Å². The van der Waals surface area contributed by atoms with Crippen LogP contribution in [0, 0.1) is 11.3 Å². The SMILES string of the molecule is CC(C)Oc1c(NC(=O)c2ccc(NC(=O)C(CC(N)=O)NC(=O)c3ccc(NC(=O)CCc4ccc(C#N)cc4)cc3)cc2)ccc(C(=O)Nc2ccc(C(=O)O)cc2)c1O. The Morgan fingerprint density at radius 1 is 0.677 bits per heavy atom. The number of hydrogen-bond acceptors (Lipinski definition) is 10. The molecule has 1 unspecified atom stereocenters. The monoisotopic (exact) mass is 839 g/mol. The topological polar surface area (TPSA) is 279 Å². The van der Waals surface area contributed by atoms with E-state index in [4.69, 9.17) is 20.8 Å². The van der Waals surface area contributed by atoms with Gasteiger partial charge < -0.3 is 47.3 Å². The molecule has 6 amide bonds. The lowest BCUT2D eigenvalue weighted by molar-refractivity contribution is -0.123. The first kappa shape index (κ1) is 44.6. The van der Waals surface area contributed by atoms with Gasteiger partial charge in [0.1, 0.15) is 6.04 Å². The Bertz CT molecular complexity index is 2530. The Kier molecular flexibility index (Phi) is 14.7. The Morgan fingerprint density at radius 2 is 1.23 bits per heavy atom. The number of ether oxygens (including phenoxy) is 1. The number of nitrogens with two attached hydrogens (primary N) is 1. The molecule has 0 fully saturated rings. The zero-order valence-electron chi connectivity index (χ0n) is 33.4. The molecule has 62 heavy (non-hydrogen) atoms. The van der Waals surface area contributed by atoms with Crippen LogP contribution in [0.25, 0.3) is 0 Å². The number of aromatic carboxylic acids is 1. The minimum atomic E-state index is -1.38.